The van der Waals surface area contributed by atoms with Crippen LogP contribution in [0.4, 0.5) is 21.8 Å². The molecule has 31 heavy (non-hydrogen) atoms. The van der Waals surface area contributed by atoms with Gasteiger partial charge in [0.1, 0.15) is 23.2 Å². The molecule has 1 saturated heterocycles. The number of fused-ring (bicyclic) bond motifs is 1. The second kappa shape index (κ2) is 9.38. The summed E-state index contributed by atoms with van der Waals surface area (Å²) >= 11 is 5.88. The maximum atomic E-state index is 13.5. The standard InChI is InChI=1S/C21H23ClFN7O/c1-24-18(31)5-2-13-6-8-30(9-7-13)21-25-11-17-19(29-21)20(27-12-26-17)28-14-3-4-16(23)15(22)10-14/h3-4,10-13H,2,5-9H2,1H3,(H,24,31)(H,26,27,28). The molecule has 0 spiro atoms. The first-order valence-electron chi connectivity index (χ1n) is 10.2. The summed E-state index contributed by atoms with van der Waals surface area (Å²) in [5.41, 5.74) is 1.79. The predicted molar refractivity (Wildman–Crippen MR) is 118 cm³/mol. The molecule has 0 radical (unpaired) electrons. The number of rotatable bonds is 6. The third-order valence-electron chi connectivity index (χ3n) is 5.50. The number of nitrogens with zero attached hydrogens (tertiary/aromatic N) is 5. The van der Waals surface area contributed by atoms with Gasteiger partial charge in [-0.1, -0.05) is 11.6 Å². The van der Waals surface area contributed by atoms with Crippen LogP contribution >= 0.6 is 11.6 Å². The number of halogens is 2. The van der Waals surface area contributed by atoms with Crippen molar-refractivity contribution in [2.75, 3.05) is 30.4 Å². The fraction of sp³-hybridized carbons (Fsp3) is 0.381. The van der Waals surface area contributed by atoms with Crippen molar-refractivity contribution in [3.63, 3.8) is 0 Å². The average molecular weight is 444 g/mol. The molecule has 2 N–H and O–H groups in total. The van der Waals surface area contributed by atoms with Gasteiger partial charge in [-0.2, -0.15) is 0 Å². The number of carbonyl (C=O) groups is 1. The second-order valence-electron chi connectivity index (χ2n) is 7.52. The van der Waals surface area contributed by atoms with Gasteiger partial charge < -0.3 is 15.5 Å². The van der Waals surface area contributed by atoms with Gasteiger partial charge in [0.05, 0.1) is 11.2 Å². The molecule has 3 heterocycles. The SMILES string of the molecule is CNC(=O)CCC1CCN(c2ncc3ncnc(Nc4ccc(F)c(Cl)c4)c3n2)CC1. The lowest BCUT2D eigenvalue weighted by Gasteiger charge is -2.32. The number of hydrogen-bond acceptors (Lipinski definition) is 7. The Morgan fingerprint density at radius 1 is 1.26 bits per heavy atom. The van der Waals surface area contributed by atoms with E-state index in [1.807, 2.05) is 0 Å². The highest BCUT2D eigenvalue weighted by Gasteiger charge is 2.22. The molecule has 1 amide bonds. The first-order chi connectivity index (χ1) is 15.0. The topological polar surface area (TPSA) is 95.9 Å². The molecule has 0 saturated carbocycles. The lowest BCUT2D eigenvalue weighted by atomic mass is 9.92. The van der Waals surface area contributed by atoms with Gasteiger partial charge in [-0.25, -0.2) is 24.3 Å². The highest BCUT2D eigenvalue weighted by molar-refractivity contribution is 6.31. The molecule has 4 rings (SSSR count). The summed E-state index contributed by atoms with van der Waals surface area (Å²) in [5, 5.41) is 5.83. The van der Waals surface area contributed by atoms with Crippen molar-refractivity contribution < 1.29 is 9.18 Å². The Balaban J connectivity index is 1.49. The summed E-state index contributed by atoms with van der Waals surface area (Å²) < 4.78 is 13.5. The number of carbonyl (C=O) groups excluding carboxylic acids is 1. The molecule has 1 fully saturated rings. The van der Waals surface area contributed by atoms with Crippen LogP contribution in [0.25, 0.3) is 11.0 Å². The normalized spacial score (nSPS) is 14.6. The molecule has 162 valence electrons. The number of piperidine rings is 1. The molecular formula is C21H23ClFN7O. The first-order valence-corrected chi connectivity index (χ1v) is 10.6. The van der Waals surface area contributed by atoms with Crippen LogP contribution in [-0.4, -0.2) is 46.0 Å². The zero-order chi connectivity index (χ0) is 21.8. The monoisotopic (exact) mass is 443 g/mol. The molecule has 0 atom stereocenters. The molecular weight excluding hydrogens is 421 g/mol. The van der Waals surface area contributed by atoms with Gasteiger partial charge in [-0.3, -0.25) is 4.79 Å². The van der Waals surface area contributed by atoms with E-state index in [-0.39, 0.29) is 10.9 Å². The smallest absolute Gasteiger partial charge is 0.226 e. The molecule has 1 aromatic carbocycles. The van der Waals surface area contributed by atoms with Gasteiger partial charge in [-0.05, 0) is 43.4 Å². The van der Waals surface area contributed by atoms with Crippen molar-refractivity contribution in [1.29, 1.82) is 0 Å². The molecule has 0 unspecified atom stereocenters. The van der Waals surface area contributed by atoms with Crippen molar-refractivity contribution in [3.05, 3.63) is 41.6 Å². The Bertz CT molecular complexity index is 1090. The lowest BCUT2D eigenvalue weighted by Crippen LogP contribution is -2.35. The Kier molecular flexibility index (Phi) is 6.41. The van der Waals surface area contributed by atoms with Crippen molar-refractivity contribution in [2.45, 2.75) is 25.7 Å². The quantitative estimate of drug-likeness (QED) is 0.599. The molecule has 1 aliphatic heterocycles. The Morgan fingerprint density at radius 2 is 2.06 bits per heavy atom. The van der Waals surface area contributed by atoms with E-state index in [0.29, 0.717) is 40.8 Å². The van der Waals surface area contributed by atoms with Crippen LogP contribution in [0, 0.1) is 11.7 Å². The largest absolute Gasteiger partial charge is 0.359 e. The van der Waals surface area contributed by atoms with E-state index in [1.54, 1.807) is 19.3 Å². The molecule has 0 bridgehead atoms. The van der Waals surface area contributed by atoms with Gasteiger partial charge in [0.15, 0.2) is 5.82 Å². The summed E-state index contributed by atoms with van der Waals surface area (Å²) in [4.78, 5) is 31.3. The number of aromatic nitrogens is 4. The minimum Gasteiger partial charge on any atom is -0.359 e. The Morgan fingerprint density at radius 3 is 2.81 bits per heavy atom. The van der Waals surface area contributed by atoms with Crippen molar-refractivity contribution in [1.82, 2.24) is 25.3 Å². The highest BCUT2D eigenvalue weighted by atomic mass is 35.5. The summed E-state index contributed by atoms with van der Waals surface area (Å²) in [6.07, 6.45) is 6.55. The van der Waals surface area contributed by atoms with Crippen LogP contribution in [0.2, 0.25) is 5.02 Å². The zero-order valence-corrected chi connectivity index (χ0v) is 17.9. The maximum absolute atomic E-state index is 13.5. The van der Waals surface area contributed by atoms with Crippen molar-refractivity contribution in [3.8, 4) is 0 Å². The summed E-state index contributed by atoms with van der Waals surface area (Å²) in [6.45, 7) is 1.65. The minimum atomic E-state index is -0.483. The van der Waals surface area contributed by atoms with Crippen LogP contribution < -0.4 is 15.5 Å². The van der Waals surface area contributed by atoms with Crippen LogP contribution in [0.1, 0.15) is 25.7 Å². The predicted octanol–water partition coefficient (Wildman–Crippen LogP) is 3.70. The van der Waals surface area contributed by atoms with Crippen LogP contribution in [-0.2, 0) is 4.79 Å². The minimum absolute atomic E-state index is 0.0259. The second-order valence-corrected chi connectivity index (χ2v) is 7.93. The molecule has 3 aromatic rings. The van der Waals surface area contributed by atoms with E-state index in [2.05, 4.69) is 30.5 Å². The van der Waals surface area contributed by atoms with Crippen molar-refractivity contribution >= 4 is 46.0 Å². The van der Waals surface area contributed by atoms with Crippen LogP contribution in [0.3, 0.4) is 0 Å². The fourth-order valence-electron chi connectivity index (χ4n) is 3.68. The van der Waals surface area contributed by atoms with Gasteiger partial charge in [0, 0.05) is 32.2 Å². The maximum Gasteiger partial charge on any atom is 0.226 e. The fourth-order valence-corrected chi connectivity index (χ4v) is 3.86. The molecule has 1 aliphatic rings. The zero-order valence-electron chi connectivity index (χ0n) is 17.1. The summed E-state index contributed by atoms with van der Waals surface area (Å²) in [7, 11) is 1.67. The highest BCUT2D eigenvalue weighted by Crippen LogP contribution is 2.28. The van der Waals surface area contributed by atoms with E-state index in [4.69, 9.17) is 16.6 Å². The number of hydrogen-bond donors (Lipinski definition) is 2. The van der Waals surface area contributed by atoms with Gasteiger partial charge in [-0.15, -0.1) is 0 Å². The summed E-state index contributed by atoms with van der Waals surface area (Å²) in [6, 6.07) is 4.38. The molecule has 0 aliphatic carbocycles. The van der Waals surface area contributed by atoms with Gasteiger partial charge in [0.25, 0.3) is 0 Å². The van der Waals surface area contributed by atoms with E-state index < -0.39 is 5.82 Å². The van der Waals surface area contributed by atoms with Crippen LogP contribution in [0.5, 0.6) is 0 Å². The number of benzene rings is 1. The Hall–Kier alpha value is -3.07. The first kappa shape index (κ1) is 21.2. The van der Waals surface area contributed by atoms with E-state index in [0.717, 1.165) is 32.4 Å². The van der Waals surface area contributed by atoms with E-state index in [1.165, 1.54) is 18.5 Å². The summed E-state index contributed by atoms with van der Waals surface area (Å²) in [5.74, 6) is 1.24. The molecule has 10 heteroatoms. The van der Waals surface area contributed by atoms with E-state index in [9.17, 15) is 9.18 Å². The number of nitrogens with one attached hydrogen (secondary N) is 2. The van der Waals surface area contributed by atoms with Gasteiger partial charge >= 0.3 is 0 Å². The van der Waals surface area contributed by atoms with E-state index >= 15 is 0 Å². The van der Waals surface area contributed by atoms with Crippen molar-refractivity contribution in [2.24, 2.45) is 5.92 Å². The average Bonchev–Trinajstić information content (AvgIpc) is 2.80. The molecule has 8 nitrogen and oxygen atoms in total. The lowest BCUT2D eigenvalue weighted by molar-refractivity contribution is -0.120. The third-order valence-corrected chi connectivity index (χ3v) is 5.79. The number of anilines is 3. The van der Waals surface area contributed by atoms with Crippen LogP contribution in [0.15, 0.2) is 30.7 Å². The molecule has 2 aromatic heterocycles. The van der Waals surface area contributed by atoms with Gasteiger partial charge in [0.2, 0.25) is 11.9 Å². The Labute approximate surface area is 184 Å². The number of amides is 1. The third kappa shape index (κ3) is 4.99.